The molecule has 0 amide bonds. The fraction of sp³-hybridized carbons (Fsp3) is 1.00. The summed E-state index contributed by atoms with van der Waals surface area (Å²) in [6.07, 6.45) is 2.97. The lowest BCUT2D eigenvalue weighted by molar-refractivity contribution is 0.164. The lowest BCUT2D eigenvalue weighted by Gasteiger charge is -2.37. The monoisotopic (exact) mass is 230 g/mol. The summed E-state index contributed by atoms with van der Waals surface area (Å²) in [6.45, 7) is 12.2. The quantitative estimate of drug-likeness (QED) is 0.755. The van der Waals surface area contributed by atoms with Gasteiger partial charge in [-0.15, -0.1) is 0 Å². The second-order valence-electron chi connectivity index (χ2n) is 6.40. The highest BCUT2D eigenvalue weighted by atomic mass is 28.4. The SMILES string of the molecule is CC(C)(C)[Si](C)(C)OC[C@H]1CC[C@@H](O)C1. The largest absolute Gasteiger partial charge is 0.417 e. The standard InChI is InChI=1S/C12H26O2Si/c1-12(2,3)15(4,5)14-9-10-6-7-11(13)8-10/h10-11,13H,6-9H2,1-5H3/t10-,11+/m0/s1. The van der Waals surface area contributed by atoms with Crippen LogP contribution in [0.25, 0.3) is 0 Å². The van der Waals surface area contributed by atoms with Crippen molar-refractivity contribution in [1.82, 2.24) is 0 Å². The Morgan fingerprint density at radius 1 is 1.27 bits per heavy atom. The van der Waals surface area contributed by atoms with Crippen molar-refractivity contribution in [1.29, 1.82) is 0 Å². The maximum absolute atomic E-state index is 9.44. The van der Waals surface area contributed by atoms with E-state index in [-0.39, 0.29) is 6.10 Å². The van der Waals surface area contributed by atoms with Crippen LogP contribution in [-0.4, -0.2) is 26.1 Å². The average molecular weight is 230 g/mol. The van der Waals surface area contributed by atoms with Crippen LogP contribution >= 0.6 is 0 Å². The summed E-state index contributed by atoms with van der Waals surface area (Å²) < 4.78 is 6.15. The summed E-state index contributed by atoms with van der Waals surface area (Å²) in [5.41, 5.74) is 0. The van der Waals surface area contributed by atoms with Crippen LogP contribution in [0.5, 0.6) is 0 Å². The zero-order chi connectivity index (χ0) is 11.7. The van der Waals surface area contributed by atoms with Crippen LogP contribution < -0.4 is 0 Å². The topological polar surface area (TPSA) is 29.5 Å². The van der Waals surface area contributed by atoms with Crippen molar-refractivity contribution in [2.45, 2.75) is 64.3 Å². The molecule has 1 fully saturated rings. The van der Waals surface area contributed by atoms with Gasteiger partial charge in [0.2, 0.25) is 0 Å². The Hall–Kier alpha value is 0.137. The molecule has 90 valence electrons. The molecule has 0 aromatic carbocycles. The Bertz CT molecular complexity index is 208. The number of hydrogen-bond donors (Lipinski definition) is 1. The average Bonchev–Trinajstić information content (AvgIpc) is 2.46. The molecule has 3 heteroatoms. The second kappa shape index (κ2) is 4.56. The van der Waals surface area contributed by atoms with E-state index < -0.39 is 8.32 Å². The van der Waals surface area contributed by atoms with Gasteiger partial charge in [-0.05, 0) is 43.3 Å². The Labute approximate surface area is 95.2 Å². The van der Waals surface area contributed by atoms with Crippen LogP contribution in [0.3, 0.4) is 0 Å². The highest BCUT2D eigenvalue weighted by molar-refractivity contribution is 6.74. The maximum atomic E-state index is 9.44. The number of aliphatic hydroxyl groups is 1. The molecule has 1 rings (SSSR count). The molecule has 0 unspecified atom stereocenters. The molecule has 0 spiro atoms. The maximum Gasteiger partial charge on any atom is 0.191 e. The summed E-state index contributed by atoms with van der Waals surface area (Å²) in [4.78, 5) is 0. The van der Waals surface area contributed by atoms with Gasteiger partial charge in [0.05, 0.1) is 6.10 Å². The van der Waals surface area contributed by atoms with E-state index in [0.717, 1.165) is 25.9 Å². The normalized spacial score (nSPS) is 28.4. The van der Waals surface area contributed by atoms with E-state index >= 15 is 0 Å². The smallest absolute Gasteiger partial charge is 0.191 e. The van der Waals surface area contributed by atoms with E-state index in [0.29, 0.717) is 11.0 Å². The minimum Gasteiger partial charge on any atom is -0.417 e. The molecule has 0 aliphatic heterocycles. The van der Waals surface area contributed by atoms with Crippen LogP contribution in [0.4, 0.5) is 0 Å². The Balaban J connectivity index is 2.36. The van der Waals surface area contributed by atoms with Crippen molar-refractivity contribution < 1.29 is 9.53 Å². The molecule has 0 bridgehead atoms. The van der Waals surface area contributed by atoms with E-state index in [1.54, 1.807) is 0 Å². The molecule has 1 aliphatic rings. The lowest BCUT2D eigenvalue weighted by Crippen LogP contribution is -2.41. The van der Waals surface area contributed by atoms with Gasteiger partial charge in [-0.1, -0.05) is 20.8 Å². The first-order valence-corrected chi connectivity index (χ1v) is 8.95. The van der Waals surface area contributed by atoms with Crippen molar-refractivity contribution in [3.8, 4) is 0 Å². The van der Waals surface area contributed by atoms with E-state index in [1.165, 1.54) is 0 Å². The number of aliphatic hydroxyl groups excluding tert-OH is 1. The van der Waals surface area contributed by atoms with E-state index in [2.05, 4.69) is 33.9 Å². The second-order valence-corrected chi connectivity index (χ2v) is 11.2. The van der Waals surface area contributed by atoms with Gasteiger partial charge in [-0.25, -0.2) is 0 Å². The van der Waals surface area contributed by atoms with Crippen LogP contribution in [0.2, 0.25) is 18.1 Å². The summed E-state index contributed by atoms with van der Waals surface area (Å²) in [7, 11) is -1.58. The minimum absolute atomic E-state index is 0.0713. The van der Waals surface area contributed by atoms with Gasteiger partial charge in [0.1, 0.15) is 0 Å². The van der Waals surface area contributed by atoms with Crippen LogP contribution in [0.1, 0.15) is 40.0 Å². The third-order valence-electron chi connectivity index (χ3n) is 4.00. The highest BCUT2D eigenvalue weighted by Gasteiger charge is 2.38. The molecule has 2 atom stereocenters. The van der Waals surface area contributed by atoms with E-state index in [9.17, 15) is 5.11 Å². The van der Waals surface area contributed by atoms with Crippen molar-refractivity contribution in [2.75, 3.05) is 6.61 Å². The molecule has 0 aromatic heterocycles. The first-order chi connectivity index (χ1) is 6.72. The van der Waals surface area contributed by atoms with Gasteiger partial charge >= 0.3 is 0 Å². The van der Waals surface area contributed by atoms with Crippen molar-refractivity contribution >= 4 is 8.32 Å². The summed E-state index contributed by atoms with van der Waals surface area (Å²) >= 11 is 0. The summed E-state index contributed by atoms with van der Waals surface area (Å²) in [5, 5.41) is 9.74. The first-order valence-electron chi connectivity index (χ1n) is 6.04. The minimum atomic E-state index is -1.58. The molecular formula is C12H26O2Si. The van der Waals surface area contributed by atoms with Crippen LogP contribution in [0, 0.1) is 5.92 Å². The van der Waals surface area contributed by atoms with Gasteiger partial charge in [-0.2, -0.15) is 0 Å². The fourth-order valence-corrected chi connectivity index (χ4v) is 2.83. The Kier molecular flexibility index (Phi) is 4.01. The zero-order valence-corrected chi connectivity index (χ0v) is 11.8. The van der Waals surface area contributed by atoms with Crippen LogP contribution in [0.15, 0.2) is 0 Å². The predicted molar refractivity (Wildman–Crippen MR) is 66.5 cm³/mol. The van der Waals surface area contributed by atoms with E-state index in [1.807, 2.05) is 0 Å². The van der Waals surface area contributed by atoms with Crippen molar-refractivity contribution in [3.05, 3.63) is 0 Å². The molecule has 0 radical (unpaired) electrons. The third-order valence-corrected chi connectivity index (χ3v) is 8.50. The molecule has 0 saturated heterocycles. The van der Waals surface area contributed by atoms with E-state index in [4.69, 9.17) is 4.43 Å². The van der Waals surface area contributed by atoms with Crippen LogP contribution in [-0.2, 0) is 4.43 Å². The van der Waals surface area contributed by atoms with Gasteiger partial charge in [-0.3, -0.25) is 0 Å². The molecule has 1 aliphatic carbocycles. The lowest BCUT2D eigenvalue weighted by atomic mass is 10.1. The molecule has 0 heterocycles. The molecule has 15 heavy (non-hydrogen) atoms. The summed E-state index contributed by atoms with van der Waals surface area (Å²) in [6, 6.07) is 0. The van der Waals surface area contributed by atoms with Crippen molar-refractivity contribution in [3.63, 3.8) is 0 Å². The Morgan fingerprint density at radius 2 is 1.87 bits per heavy atom. The first kappa shape index (κ1) is 13.2. The highest BCUT2D eigenvalue weighted by Crippen LogP contribution is 2.37. The molecule has 1 N–H and O–H groups in total. The number of rotatable bonds is 3. The third kappa shape index (κ3) is 3.57. The molecule has 1 saturated carbocycles. The Morgan fingerprint density at radius 3 is 2.27 bits per heavy atom. The van der Waals surface area contributed by atoms with Gasteiger partial charge < -0.3 is 9.53 Å². The van der Waals surface area contributed by atoms with Crippen molar-refractivity contribution in [2.24, 2.45) is 5.92 Å². The van der Waals surface area contributed by atoms with Gasteiger partial charge in [0.25, 0.3) is 0 Å². The predicted octanol–water partition coefficient (Wildman–Crippen LogP) is 3.17. The van der Waals surface area contributed by atoms with Gasteiger partial charge in [0, 0.05) is 6.61 Å². The zero-order valence-electron chi connectivity index (χ0n) is 10.8. The molecular weight excluding hydrogens is 204 g/mol. The summed E-state index contributed by atoms with van der Waals surface area (Å²) in [5.74, 6) is 0.592. The number of hydrogen-bond acceptors (Lipinski definition) is 2. The van der Waals surface area contributed by atoms with Gasteiger partial charge in [0.15, 0.2) is 8.32 Å². The molecule has 2 nitrogen and oxygen atoms in total. The fourth-order valence-electron chi connectivity index (χ4n) is 1.74. The molecule has 0 aromatic rings.